The van der Waals surface area contributed by atoms with E-state index in [9.17, 15) is 9.59 Å². The Labute approximate surface area is 209 Å². The molecule has 3 unspecified atom stereocenters. The van der Waals surface area contributed by atoms with Gasteiger partial charge in [-0.05, 0) is 54.5 Å². The Morgan fingerprint density at radius 2 is 1.69 bits per heavy atom. The number of benzene rings is 1. The van der Waals surface area contributed by atoms with Gasteiger partial charge in [-0.1, -0.05) is 52.8 Å². The standard InChI is InChI=1S/C28H40N4O3/c1-18(2)25(31-26(33)22-9-11-23(12-10-22)28(5,6)7)27(34)30-15-21-8-13-24(29-14-21)32-16-19(3)35-20(4)17-32/h8-14,18-20,25H,15-17H2,1-7H3,(H,30,34)(H,31,33). The number of nitrogens with zero attached hydrogens (tertiary/aromatic N) is 2. The number of carbonyl (C=O) groups is 2. The highest BCUT2D eigenvalue weighted by Gasteiger charge is 2.25. The van der Waals surface area contributed by atoms with Crippen molar-refractivity contribution in [2.75, 3.05) is 18.0 Å². The number of pyridine rings is 1. The van der Waals surface area contributed by atoms with Crippen molar-refractivity contribution in [1.29, 1.82) is 0 Å². The van der Waals surface area contributed by atoms with Crippen LogP contribution in [0.5, 0.6) is 0 Å². The molecule has 1 aliphatic rings. The van der Waals surface area contributed by atoms with Crippen LogP contribution in [0.25, 0.3) is 0 Å². The molecule has 7 heteroatoms. The van der Waals surface area contributed by atoms with Crippen LogP contribution in [-0.2, 0) is 21.5 Å². The quantitative estimate of drug-likeness (QED) is 0.624. The highest BCUT2D eigenvalue weighted by molar-refractivity contribution is 5.97. The number of hydrogen-bond acceptors (Lipinski definition) is 5. The van der Waals surface area contributed by atoms with Crippen LogP contribution < -0.4 is 15.5 Å². The molecule has 0 aliphatic carbocycles. The molecule has 1 aromatic carbocycles. The zero-order valence-electron chi connectivity index (χ0n) is 22.1. The van der Waals surface area contributed by atoms with Crippen LogP contribution >= 0.6 is 0 Å². The highest BCUT2D eigenvalue weighted by atomic mass is 16.5. The van der Waals surface area contributed by atoms with Gasteiger partial charge in [-0.2, -0.15) is 0 Å². The summed E-state index contributed by atoms with van der Waals surface area (Å²) in [4.78, 5) is 32.6. The summed E-state index contributed by atoms with van der Waals surface area (Å²) >= 11 is 0. The number of anilines is 1. The molecular weight excluding hydrogens is 440 g/mol. The van der Waals surface area contributed by atoms with Crippen molar-refractivity contribution in [3.8, 4) is 0 Å². The summed E-state index contributed by atoms with van der Waals surface area (Å²) in [6.45, 7) is 16.3. The van der Waals surface area contributed by atoms with Crippen molar-refractivity contribution < 1.29 is 14.3 Å². The van der Waals surface area contributed by atoms with E-state index in [2.05, 4.69) is 55.1 Å². The van der Waals surface area contributed by atoms with Crippen molar-refractivity contribution in [3.05, 3.63) is 59.3 Å². The third-order valence-electron chi connectivity index (χ3n) is 6.27. The van der Waals surface area contributed by atoms with E-state index in [4.69, 9.17) is 4.74 Å². The average molecular weight is 481 g/mol. The second kappa shape index (κ2) is 11.2. The molecule has 0 radical (unpaired) electrons. The van der Waals surface area contributed by atoms with Gasteiger partial charge in [0.2, 0.25) is 5.91 Å². The van der Waals surface area contributed by atoms with Gasteiger partial charge in [0.15, 0.2) is 0 Å². The van der Waals surface area contributed by atoms with E-state index in [1.165, 1.54) is 0 Å². The lowest BCUT2D eigenvalue weighted by atomic mass is 9.86. The largest absolute Gasteiger partial charge is 0.372 e. The summed E-state index contributed by atoms with van der Waals surface area (Å²) < 4.78 is 5.80. The molecule has 35 heavy (non-hydrogen) atoms. The number of hydrogen-bond donors (Lipinski definition) is 2. The minimum absolute atomic E-state index is 0.0153. The first-order valence-electron chi connectivity index (χ1n) is 12.5. The van der Waals surface area contributed by atoms with Crippen LogP contribution in [0.3, 0.4) is 0 Å². The molecule has 2 N–H and O–H groups in total. The predicted octanol–water partition coefficient (Wildman–Crippen LogP) is 4.06. The van der Waals surface area contributed by atoms with Gasteiger partial charge in [0.05, 0.1) is 12.2 Å². The maximum Gasteiger partial charge on any atom is 0.251 e. The normalized spacial score (nSPS) is 19.4. The SMILES string of the molecule is CC1CN(c2ccc(CNC(=O)C(NC(=O)c3ccc(C(C)(C)C)cc3)C(C)C)cn2)CC(C)O1. The molecule has 1 aromatic heterocycles. The molecule has 7 nitrogen and oxygen atoms in total. The molecule has 2 aromatic rings. The third kappa shape index (κ3) is 7.28. The van der Waals surface area contributed by atoms with E-state index in [0.29, 0.717) is 12.1 Å². The Bertz CT molecular complexity index is 986. The van der Waals surface area contributed by atoms with E-state index in [0.717, 1.165) is 30.0 Å². The van der Waals surface area contributed by atoms with E-state index >= 15 is 0 Å². The Kier molecular flexibility index (Phi) is 8.54. The van der Waals surface area contributed by atoms with E-state index in [1.54, 1.807) is 6.20 Å². The summed E-state index contributed by atoms with van der Waals surface area (Å²) in [5.74, 6) is 0.393. The van der Waals surface area contributed by atoms with E-state index < -0.39 is 6.04 Å². The summed E-state index contributed by atoms with van der Waals surface area (Å²) in [6, 6.07) is 10.9. The fourth-order valence-corrected chi connectivity index (χ4v) is 4.25. The molecule has 3 rings (SSSR count). The fraction of sp³-hybridized carbons (Fsp3) is 0.536. The number of morpholine rings is 1. The van der Waals surface area contributed by atoms with Crippen molar-refractivity contribution in [2.45, 2.75) is 78.7 Å². The number of amides is 2. The molecule has 1 fully saturated rings. The minimum atomic E-state index is -0.631. The summed E-state index contributed by atoms with van der Waals surface area (Å²) in [7, 11) is 0. The number of rotatable bonds is 7. The second-order valence-electron chi connectivity index (χ2n) is 10.9. The predicted molar refractivity (Wildman–Crippen MR) is 140 cm³/mol. The van der Waals surface area contributed by atoms with Gasteiger partial charge in [0, 0.05) is 31.4 Å². The minimum Gasteiger partial charge on any atom is -0.372 e. The summed E-state index contributed by atoms with van der Waals surface area (Å²) in [5, 5.41) is 5.85. The number of carbonyl (C=O) groups excluding carboxylic acids is 2. The molecule has 1 aliphatic heterocycles. The van der Waals surface area contributed by atoms with Crippen LogP contribution in [-0.4, -0.2) is 48.1 Å². The number of ether oxygens (including phenoxy) is 1. The summed E-state index contributed by atoms with van der Waals surface area (Å²) in [5.41, 5.74) is 2.62. The molecule has 190 valence electrons. The van der Waals surface area contributed by atoms with Crippen LogP contribution in [0, 0.1) is 5.92 Å². The van der Waals surface area contributed by atoms with Crippen LogP contribution in [0.4, 0.5) is 5.82 Å². The zero-order valence-corrected chi connectivity index (χ0v) is 22.1. The van der Waals surface area contributed by atoms with E-state index in [-0.39, 0.29) is 35.4 Å². The first-order valence-corrected chi connectivity index (χ1v) is 12.5. The van der Waals surface area contributed by atoms with Crippen LogP contribution in [0.2, 0.25) is 0 Å². The van der Waals surface area contributed by atoms with Crippen LogP contribution in [0.15, 0.2) is 42.6 Å². The zero-order chi connectivity index (χ0) is 25.8. The Morgan fingerprint density at radius 1 is 1.06 bits per heavy atom. The Balaban J connectivity index is 1.57. The first-order chi connectivity index (χ1) is 16.4. The molecular formula is C28H40N4O3. The molecule has 0 saturated carbocycles. The molecule has 2 amide bonds. The van der Waals surface area contributed by atoms with Gasteiger partial charge in [0.25, 0.3) is 5.91 Å². The topological polar surface area (TPSA) is 83.6 Å². The number of aromatic nitrogens is 1. The first kappa shape index (κ1) is 26.7. The lowest BCUT2D eigenvalue weighted by Gasteiger charge is -2.36. The smallest absolute Gasteiger partial charge is 0.251 e. The van der Waals surface area contributed by atoms with Crippen molar-refractivity contribution in [1.82, 2.24) is 15.6 Å². The Hall–Kier alpha value is -2.93. The van der Waals surface area contributed by atoms with Crippen molar-refractivity contribution >= 4 is 17.6 Å². The summed E-state index contributed by atoms with van der Waals surface area (Å²) in [6.07, 6.45) is 2.12. The van der Waals surface area contributed by atoms with Crippen molar-refractivity contribution in [3.63, 3.8) is 0 Å². The third-order valence-corrected chi connectivity index (χ3v) is 6.27. The van der Waals surface area contributed by atoms with Crippen LogP contribution in [0.1, 0.15) is 70.0 Å². The fourth-order valence-electron chi connectivity index (χ4n) is 4.25. The van der Waals surface area contributed by atoms with Gasteiger partial charge in [-0.3, -0.25) is 9.59 Å². The monoisotopic (exact) mass is 480 g/mol. The molecule has 0 spiro atoms. The molecule has 0 bridgehead atoms. The molecule has 3 atom stereocenters. The van der Waals surface area contributed by atoms with Gasteiger partial charge < -0.3 is 20.3 Å². The maximum atomic E-state index is 12.9. The molecule has 2 heterocycles. The second-order valence-corrected chi connectivity index (χ2v) is 10.9. The van der Waals surface area contributed by atoms with Gasteiger partial charge >= 0.3 is 0 Å². The number of nitrogens with one attached hydrogen (secondary N) is 2. The van der Waals surface area contributed by atoms with Gasteiger partial charge in [-0.25, -0.2) is 4.98 Å². The average Bonchev–Trinajstić information content (AvgIpc) is 2.80. The Morgan fingerprint density at radius 3 is 2.20 bits per heavy atom. The lowest BCUT2D eigenvalue weighted by Crippen LogP contribution is -2.49. The van der Waals surface area contributed by atoms with E-state index in [1.807, 2.05) is 50.2 Å². The maximum absolute atomic E-state index is 12.9. The molecule has 1 saturated heterocycles. The van der Waals surface area contributed by atoms with Crippen molar-refractivity contribution in [2.24, 2.45) is 5.92 Å². The van der Waals surface area contributed by atoms with Gasteiger partial charge in [-0.15, -0.1) is 0 Å². The highest BCUT2D eigenvalue weighted by Crippen LogP contribution is 2.22. The lowest BCUT2D eigenvalue weighted by molar-refractivity contribution is -0.124. The van der Waals surface area contributed by atoms with Gasteiger partial charge in [0.1, 0.15) is 11.9 Å².